The molecular weight excluding hydrogens is 341 g/mol. The van der Waals surface area contributed by atoms with E-state index in [-0.39, 0.29) is 11.9 Å². The summed E-state index contributed by atoms with van der Waals surface area (Å²) in [5, 5.41) is 10.6. The lowest BCUT2D eigenvalue weighted by Gasteiger charge is -2.29. The molecule has 2 aliphatic rings. The van der Waals surface area contributed by atoms with Gasteiger partial charge in [-0.15, -0.1) is 0 Å². The molecule has 0 radical (unpaired) electrons. The van der Waals surface area contributed by atoms with E-state index >= 15 is 0 Å². The van der Waals surface area contributed by atoms with E-state index in [4.69, 9.17) is 4.74 Å². The van der Waals surface area contributed by atoms with Crippen LogP contribution in [0.3, 0.4) is 0 Å². The number of hydrogen-bond donors (Lipinski definition) is 1. The molecular formula is C23H28FNO2. The Kier molecular flexibility index (Phi) is 5.86. The van der Waals surface area contributed by atoms with E-state index in [1.807, 2.05) is 12.1 Å². The molecule has 2 aromatic carbocycles. The van der Waals surface area contributed by atoms with E-state index in [1.54, 1.807) is 0 Å². The molecule has 4 rings (SSSR count). The van der Waals surface area contributed by atoms with Crippen LogP contribution in [0.5, 0.6) is 0 Å². The topological polar surface area (TPSA) is 32.7 Å². The SMILES string of the molecule is O[C@H](CO[C@@H]1CCCc2ccccc21)CN(Cc1ccc(F)cc1)C1CC1. The summed E-state index contributed by atoms with van der Waals surface area (Å²) < 4.78 is 19.2. The number of rotatable bonds is 8. The largest absolute Gasteiger partial charge is 0.389 e. The van der Waals surface area contributed by atoms with Crippen LogP contribution in [0.2, 0.25) is 0 Å². The highest BCUT2D eigenvalue weighted by molar-refractivity contribution is 5.31. The van der Waals surface area contributed by atoms with Crippen LogP contribution in [0.15, 0.2) is 48.5 Å². The van der Waals surface area contributed by atoms with Gasteiger partial charge in [-0.1, -0.05) is 36.4 Å². The zero-order valence-corrected chi connectivity index (χ0v) is 15.7. The summed E-state index contributed by atoms with van der Waals surface area (Å²) in [6.45, 7) is 1.69. The first-order valence-corrected chi connectivity index (χ1v) is 10.0. The monoisotopic (exact) mass is 369 g/mol. The summed E-state index contributed by atoms with van der Waals surface area (Å²) in [4.78, 5) is 2.30. The summed E-state index contributed by atoms with van der Waals surface area (Å²) in [7, 11) is 0. The average Bonchev–Trinajstić information content (AvgIpc) is 3.53. The molecule has 0 bridgehead atoms. The van der Waals surface area contributed by atoms with E-state index in [9.17, 15) is 9.50 Å². The number of aliphatic hydroxyl groups is 1. The number of aliphatic hydroxyl groups excluding tert-OH is 1. The maximum Gasteiger partial charge on any atom is 0.123 e. The minimum atomic E-state index is -0.514. The molecule has 1 N–H and O–H groups in total. The van der Waals surface area contributed by atoms with E-state index in [0.29, 0.717) is 19.2 Å². The van der Waals surface area contributed by atoms with Crippen LogP contribution in [0.1, 0.15) is 48.5 Å². The molecule has 144 valence electrons. The molecule has 0 unspecified atom stereocenters. The quantitative estimate of drug-likeness (QED) is 0.755. The van der Waals surface area contributed by atoms with E-state index in [1.165, 1.54) is 36.1 Å². The van der Waals surface area contributed by atoms with Gasteiger partial charge in [0.2, 0.25) is 0 Å². The first-order chi connectivity index (χ1) is 13.2. The maximum absolute atomic E-state index is 13.1. The van der Waals surface area contributed by atoms with Crippen LogP contribution in [-0.4, -0.2) is 35.3 Å². The molecule has 4 heteroatoms. The summed E-state index contributed by atoms with van der Waals surface area (Å²) in [6.07, 6.45) is 5.19. The zero-order valence-electron chi connectivity index (χ0n) is 15.7. The van der Waals surface area contributed by atoms with Crippen LogP contribution >= 0.6 is 0 Å². The van der Waals surface area contributed by atoms with Crippen LogP contribution in [0.25, 0.3) is 0 Å². The molecule has 0 heterocycles. The van der Waals surface area contributed by atoms with Gasteiger partial charge in [0.05, 0.1) is 18.8 Å². The lowest BCUT2D eigenvalue weighted by atomic mass is 9.89. The van der Waals surface area contributed by atoms with E-state index < -0.39 is 6.10 Å². The molecule has 0 aliphatic heterocycles. The second-order valence-corrected chi connectivity index (χ2v) is 7.85. The standard InChI is InChI=1S/C23H28FNO2/c24-19-10-8-17(9-11-19)14-25(20-12-13-20)15-21(26)16-27-23-7-3-5-18-4-1-2-6-22(18)23/h1-2,4,6,8-11,20-21,23,26H,3,5,7,12-16H2/t21-,23+/m0/s1. The number of fused-ring (bicyclic) bond motifs is 1. The van der Waals surface area contributed by atoms with E-state index in [2.05, 4.69) is 29.2 Å². The number of nitrogens with zero attached hydrogens (tertiary/aromatic N) is 1. The van der Waals surface area contributed by atoms with Gasteiger partial charge in [0.1, 0.15) is 5.82 Å². The maximum atomic E-state index is 13.1. The summed E-state index contributed by atoms with van der Waals surface area (Å²) in [6, 6.07) is 15.7. The van der Waals surface area contributed by atoms with Crippen molar-refractivity contribution in [2.24, 2.45) is 0 Å². The molecule has 0 spiro atoms. The van der Waals surface area contributed by atoms with Gasteiger partial charge in [-0.2, -0.15) is 0 Å². The van der Waals surface area contributed by atoms with Gasteiger partial charge in [0, 0.05) is 19.1 Å². The van der Waals surface area contributed by atoms with Crippen molar-refractivity contribution >= 4 is 0 Å². The average molecular weight is 369 g/mol. The fraction of sp³-hybridized carbons (Fsp3) is 0.478. The van der Waals surface area contributed by atoms with Gasteiger partial charge in [-0.25, -0.2) is 4.39 Å². The summed E-state index contributed by atoms with van der Waals surface area (Å²) in [5.41, 5.74) is 3.73. The van der Waals surface area contributed by atoms with Crippen LogP contribution in [0, 0.1) is 5.82 Å². The summed E-state index contributed by atoms with van der Waals surface area (Å²) in [5.74, 6) is -0.210. The third kappa shape index (κ3) is 4.95. The molecule has 2 aromatic rings. The Balaban J connectivity index is 1.31. The van der Waals surface area contributed by atoms with Crippen LogP contribution < -0.4 is 0 Å². The normalized spacial score (nSPS) is 20.5. The lowest BCUT2D eigenvalue weighted by molar-refractivity contribution is -0.0298. The fourth-order valence-corrected chi connectivity index (χ4v) is 4.04. The highest BCUT2D eigenvalue weighted by atomic mass is 19.1. The number of benzene rings is 2. The van der Waals surface area contributed by atoms with E-state index in [0.717, 1.165) is 31.4 Å². The van der Waals surface area contributed by atoms with Crippen molar-refractivity contribution < 1.29 is 14.2 Å². The van der Waals surface area contributed by atoms with Crippen LogP contribution in [0.4, 0.5) is 4.39 Å². The van der Waals surface area contributed by atoms with Crippen molar-refractivity contribution in [1.82, 2.24) is 4.90 Å². The smallest absolute Gasteiger partial charge is 0.123 e. The molecule has 0 saturated heterocycles. The lowest BCUT2D eigenvalue weighted by Crippen LogP contribution is -2.36. The molecule has 2 aliphatic carbocycles. The highest BCUT2D eigenvalue weighted by Gasteiger charge is 2.30. The van der Waals surface area contributed by atoms with Gasteiger partial charge >= 0.3 is 0 Å². The Morgan fingerprint density at radius 1 is 1.07 bits per heavy atom. The number of ether oxygens (including phenoxy) is 1. The Hall–Kier alpha value is -1.75. The van der Waals surface area contributed by atoms with Gasteiger partial charge in [-0.3, -0.25) is 4.90 Å². The molecule has 3 nitrogen and oxygen atoms in total. The highest BCUT2D eigenvalue weighted by Crippen LogP contribution is 2.33. The Labute approximate surface area is 160 Å². The number of halogens is 1. The summed E-state index contributed by atoms with van der Waals surface area (Å²) >= 11 is 0. The molecule has 2 atom stereocenters. The van der Waals surface area contributed by atoms with Gasteiger partial charge in [0.15, 0.2) is 0 Å². The zero-order chi connectivity index (χ0) is 18.6. The predicted octanol–water partition coefficient (Wildman–Crippen LogP) is 4.25. The van der Waals surface area contributed by atoms with Gasteiger partial charge < -0.3 is 9.84 Å². The number of hydrogen-bond acceptors (Lipinski definition) is 3. The second kappa shape index (κ2) is 8.51. The van der Waals surface area contributed by atoms with Crippen molar-refractivity contribution in [2.45, 2.75) is 56.9 Å². The van der Waals surface area contributed by atoms with Crippen molar-refractivity contribution in [3.8, 4) is 0 Å². The molecule has 1 fully saturated rings. The molecule has 1 saturated carbocycles. The minimum Gasteiger partial charge on any atom is -0.389 e. The van der Waals surface area contributed by atoms with Crippen molar-refractivity contribution in [1.29, 1.82) is 0 Å². The van der Waals surface area contributed by atoms with Crippen molar-refractivity contribution in [2.75, 3.05) is 13.2 Å². The first-order valence-electron chi connectivity index (χ1n) is 10.0. The fourth-order valence-electron chi connectivity index (χ4n) is 4.04. The molecule has 0 aromatic heterocycles. The Morgan fingerprint density at radius 2 is 1.85 bits per heavy atom. The third-order valence-corrected chi connectivity index (χ3v) is 5.61. The van der Waals surface area contributed by atoms with Crippen molar-refractivity contribution in [3.05, 3.63) is 71.0 Å². The third-order valence-electron chi connectivity index (χ3n) is 5.61. The van der Waals surface area contributed by atoms with Crippen molar-refractivity contribution in [3.63, 3.8) is 0 Å². The molecule has 0 amide bonds. The number of aryl methyl sites for hydroxylation is 1. The van der Waals surface area contributed by atoms with Crippen LogP contribution in [-0.2, 0) is 17.7 Å². The predicted molar refractivity (Wildman–Crippen MR) is 104 cm³/mol. The minimum absolute atomic E-state index is 0.0936. The molecule has 27 heavy (non-hydrogen) atoms. The second-order valence-electron chi connectivity index (χ2n) is 7.85. The van der Waals surface area contributed by atoms with Gasteiger partial charge in [-0.05, 0) is 60.9 Å². The Morgan fingerprint density at radius 3 is 2.63 bits per heavy atom. The first kappa shape index (κ1) is 18.6. The Bertz CT molecular complexity index is 744. The van der Waals surface area contributed by atoms with Gasteiger partial charge in [0.25, 0.3) is 0 Å².